The maximum atomic E-state index is 10.9. The molecule has 0 aromatic heterocycles. The molecule has 1 aromatic carbocycles. The smallest absolute Gasteiger partial charge is 0.216 e. The number of amides is 1. The minimum atomic E-state index is -0.00810. The van der Waals surface area contributed by atoms with Gasteiger partial charge in [0, 0.05) is 39.1 Å². The summed E-state index contributed by atoms with van der Waals surface area (Å²) in [5.41, 5.74) is 1.36. The summed E-state index contributed by atoms with van der Waals surface area (Å²) in [7, 11) is 0. The van der Waals surface area contributed by atoms with E-state index in [1.807, 2.05) is 0 Å². The molecule has 2 rings (SSSR count). The lowest BCUT2D eigenvalue weighted by Gasteiger charge is -2.23. The van der Waals surface area contributed by atoms with E-state index in [1.54, 1.807) is 0 Å². The molecule has 0 saturated carbocycles. The summed E-state index contributed by atoms with van der Waals surface area (Å²) in [6.07, 6.45) is 2.43. The highest BCUT2D eigenvalue weighted by Gasteiger charge is 2.24. The average Bonchev–Trinajstić information content (AvgIpc) is 3.04. The summed E-state index contributed by atoms with van der Waals surface area (Å²) in [6.45, 7) is 8.61. The van der Waals surface area contributed by atoms with Gasteiger partial charge in [0.05, 0.1) is 6.54 Å². The molecule has 1 aliphatic heterocycles. The van der Waals surface area contributed by atoms with Crippen molar-refractivity contribution in [3.05, 3.63) is 35.9 Å². The number of rotatable bonds is 8. The molecular weight excluding hydrogens is 314 g/mol. The van der Waals surface area contributed by atoms with Gasteiger partial charge in [-0.25, -0.2) is 0 Å². The minimum absolute atomic E-state index is 0.00810. The molecule has 1 unspecified atom stereocenters. The van der Waals surface area contributed by atoms with Crippen molar-refractivity contribution in [2.75, 3.05) is 32.7 Å². The fourth-order valence-corrected chi connectivity index (χ4v) is 3.09. The number of carbonyl (C=O) groups is 1. The maximum absolute atomic E-state index is 10.9. The summed E-state index contributed by atoms with van der Waals surface area (Å²) >= 11 is 0. The van der Waals surface area contributed by atoms with Crippen LogP contribution in [-0.2, 0) is 11.3 Å². The molecule has 1 heterocycles. The molecule has 1 aliphatic rings. The van der Waals surface area contributed by atoms with Crippen LogP contribution in [0.1, 0.15) is 32.3 Å². The third kappa shape index (κ3) is 7.13. The van der Waals surface area contributed by atoms with E-state index in [4.69, 9.17) is 4.99 Å². The lowest BCUT2D eigenvalue weighted by molar-refractivity contribution is -0.118. The van der Waals surface area contributed by atoms with Gasteiger partial charge in [-0.2, -0.15) is 0 Å². The van der Waals surface area contributed by atoms with E-state index >= 15 is 0 Å². The molecule has 0 aliphatic carbocycles. The number of hydrogen-bond acceptors (Lipinski definition) is 3. The first-order valence-electron chi connectivity index (χ1n) is 9.23. The van der Waals surface area contributed by atoms with Crippen molar-refractivity contribution in [3.63, 3.8) is 0 Å². The van der Waals surface area contributed by atoms with Gasteiger partial charge in [-0.1, -0.05) is 30.3 Å². The van der Waals surface area contributed by atoms with Crippen molar-refractivity contribution in [2.45, 2.75) is 39.3 Å². The van der Waals surface area contributed by atoms with Gasteiger partial charge in [0.1, 0.15) is 0 Å². The summed E-state index contributed by atoms with van der Waals surface area (Å²) in [5, 5.41) is 9.32. The Morgan fingerprint density at radius 1 is 1.20 bits per heavy atom. The highest BCUT2D eigenvalue weighted by molar-refractivity contribution is 5.79. The zero-order chi connectivity index (χ0) is 17.9. The summed E-state index contributed by atoms with van der Waals surface area (Å²) in [4.78, 5) is 18.2. The second-order valence-corrected chi connectivity index (χ2v) is 6.38. The van der Waals surface area contributed by atoms with Crippen LogP contribution in [-0.4, -0.2) is 55.5 Å². The predicted molar refractivity (Wildman–Crippen MR) is 103 cm³/mol. The van der Waals surface area contributed by atoms with E-state index in [-0.39, 0.29) is 5.91 Å². The van der Waals surface area contributed by atoms with Crippen LogP contribution < -0.4 is 16.0 Å². The van der Waals surface area contributed by atoms with Crippen LogP contribution in [0, 0.1) is 0 Å². The Morgan fingerprint density at radius 3 is 2.68 bits per heavy atom. The second-order valence-electron chi connectivity index (χ2n) is 6.38. The van der Waals surface area contributed by atoms with Crippen molar-refractivity contribution in [2.24, 2.45) is 4.99 Å². The lowest BCUT2D eigenvalue weighted by Crippen LogP contribution is -2.42. The van der Waals surface area contributed by atoms with Crippen molar-refractivity contribution in [1.82, 2.24) is 20.9 Å². The molecule has 138 valence electrons. The zero-order valence-electron chi connectivity index (χ0n) is 15.4. The molecule has 6 nitrogen and oxygen atoms in total. The molecule has 1 atom stereocenters. The average molecular weight is 345 g/mol. The standard InChI is InChI=1S/C19H31N5O/c1-3-20-19(22-12-11-21-16(2)25)23-14-18-10-7-13-24(18)15-17-8-5-4-6-9-17/h4-6,8-9,18H,3,7,10-15H2,1-2H3,(H,21,25)(H2,20,22,23). The Bertz CT molecular complexity index is 546. The third-order valence-electron chi connectivity index (χ3n) is 4.32. The van der Waals surface area contributed by atoms with Crippen LogP contribution in [0.5, 0.6) is 0 Å². The fourth-order valence-electron chi connectivity index (χ4n) is 3.09. The molecule has 1 aromatic rings. The molecule has 0 radical (unpaired) electrons. The van der Waals surface area contributed by atoms with Crippen LogP contribution in [0.4, 0.5) is 0 Å². The molecule has 3 N–H and O–H groups in total. The van der Waals surface area contributed by atoms with E-state index in [0.29, 0.717) is 19.1 Å². The highest BCUT2D eigenvalue weighted by Crippen LogP contribution is 2.20. The number of nitrogens with zero attached hydrogens (tertiary/aromatic N) is 2. The molecule has 6 heteroatoms. The van der Waals surface area contributed by atoms with E-state index < -0.39 is 0 Å². The first-order chi connectivity index (χ1) is 12.2. The third-order valence-corrected chi connectivity index (χ3v) is 4.32. The van der Waals surface area contributed by atoms with Crippen molar-refractivity contribution < 1.29 is 4.79 Å². The topological polar surface area (TPSA) is 68.8 Å². The quantitative estimate of drug-likeness (QED) is 0.378. The van der Waals surface area contributed by atoms with Gasteiger partial charge >= 0.3 is 0 Å². The van der Waals surface area contributed by atoms with Gasteiger partial charge in [0.15, 0.2) is 5.96 Å². The van der Waals surface area contributed by atoms with E-state index in [0.717, 1.165) is 32.1 Å². The van der Waals surface area contributed by atoms with Crippen LogP contribution >= 0.6 is 0 Å². The maximum Gasteiger partial charge on any atom is 0.216 e. The summed E-state index contributed by atoms with van der Waals surface area (Å²) in [5.74, 6) is 0.811. The lowest BCUT2D eigenvalue weighted by atomic mass is 10.2. The van der Waals surface area contributed by atoms with Crippen molar-refractivity contribution >= 4 is 11.9 Å². The number of likely N-dealkylation sites (tertiary alicyclic amines) is 1. The number of benzene rings is 1. The number of hydrogen-bond donors (Lipinski definition) is 3. The van der Waals surface area contributed by atoms with Crippen LogP contribution in [0.15, 0.2) is 35.3 Å². The molecule has 0 bridgehead atoms. The Hall–Kier alpha value is -2.08. The van der Waals surface area contributed by atoms with Crippen molar-refractivity contribution in [3.8, 4) is 0 Å². The Kier molecular flexibility index (Phi) is 8.25. The zero-order valence-corrected chi connectivity index (χ0v) is 15.4. The van der Waals surface area contributed by atoms with Gasteiger partial charge in [0.25, 0.3) is 0 Å². The molecular formula is C19H31N5O. The number of carbonyl (C=O) groups excluding carboxylic acids is 1. The van der Waals surface area contributed by atoms with Gasteiger partial charge in [-0.15, -0.1) is 0 Å². The van der Waals surface area contributed by atoms with Crippen LogP contribution in [0.2, 0.25) is 0 Å². The van der Waals surface area contributed by atoms with Crippen LogP contribution in [0.25, 0.3) is 0 Å². The molecule has 1 fully saturated rings. The molecule has 1 amide bonds. The van der Waals surface area contributed by atoms with Crippen LogP contribution in [0.3, 0.4) is 0 Å². The predicted octanol–water partition coefficient (Wildman–Crippen LogP) is 1.34. The molecule has 25 heavy (non-hydrogen) atoms. The second kappa shape index (κ2) is 10.7. The van der Waals surface area contributed by atoms with Gasteiger partial charge in [0.2, 0.25) is 5.91 Å². The minimum Gasteiger partial charge on any atom is -0.357 e. The number of guanidine groups is 1. The van der Waals surface area contributed by atoms with Gasteiger partial charge in [-0.05, 0) is 31.9 Å². The van der Waals surface area contributed by atoms with E-state index in [9.17, 15) is 4.79 Å². The first-order valence-corrected chi connectivity index (χ1v) is 9.23. The largest absolute Gasteiger partial charge is 0.357 e. The Morgan fingerprint density at radius 2 is 1.96 bits per heavy atom. The molecule has 0 spiro atoms. The Balaban J connectivity index is 1.83. The normalized spacial score (nSPS) is 18.2. The van der Waals surface area contributed by atoms with E-state index in [2.05, 4.69) is 58.1 Å². The fraction of sp³-hybridized carbons (Fsp3) is 0.579. The summed E-state index contributed by atoms with van der Waals surface area (Å²) in [6, 6.07) is 11.1. The number of nitrogens with one attached hydrogen (secondary N) is 3. The summed E-state index contributed by atoms with van der Waals surface area (Å²) < 4.78 is 0. The molecule has 1 saturated heterocycles. The van der Waals surface area contributed by atoms with Gasteiger partial charge < -0.3 is 16.0 Å². The number of aliphatic imine (C=N–C) groups is 1. The van der Waals surface area contributed by atoms with E-state index in [1.165, 1.54) is 25.3 Å². The highest BCUT2D eigenvalue weighted by atomic mass is 16.1. The van der Waals surface area contributed by atoms with Crippen molar-refractivity contribution in [1.29, 1.82) is 0 Å². The SMILES string of the molecule is CCNC(=NCC1CCCN1Cc1ccccc1)NCCNC(C)=O. The first kappa shape index (κ1) is 19.2. The monoisotopic (exact) mass is 345 g/mol. The Labute approximate surface area is 151 Å². The van der Waals surface area contributed by atoms with Gasteiger partial charge in [-0.3, -0.25) is 14.7 Å².